The number of benzene rings is 3. The molecule has 2 aliphatic rings. The van der Waals surface area contributed by atoms with Crippen LogP contribution in [-0.4, -0.2) is 16.6 Å². The Morgan fingerprint density at radius 3 is 2.42 bits per heavy atom. The lowest BCUT2D eigenvalue weighted by Gasteiger charge is -2.38. The molecule has 1 aliphatic carbocycles. The van der Waals surface area contributed by atoms with E-state index in [1.165, 1.54) is 12.1 Å². The number of fused-ring (bicyclic) bond motifs is 1. The maximum atomic E-state index is 13.3. The summed E-state index contributed by atoms with van der Waals surface area (Å²) in [5.74, 6) is -0.297. The first-order valence-corrected chi connectivity index (χ1v) is 10.4. The lowest BCUT2D eigenvalue weighted by atomic mass is 9.76. The summed E-state index contributed by atoms with van der Waals surface area (Å²) in [5, 5.41) is 13.1. The predicted molar refractivity (Wildman–Crippen MR) is 118 cm³/mol. The molecule has 0 N–H and O–H groups in total. The van der Waals surface area contributed by atoms with Crippen LogP contribution in [0.2, 0.25) is 0 Å². The van der Waals surface area contributed by atoms with Crippen LogP contribution in [0.5, 0.6) is 0 Å². The van der Waals surface area contributed by atoms with Gasteiger partial charge in [0.2, 0.25) is 5.91 Å². The van der Waals surface area contributed by atoms with Crippen molar-refractivity contribution in [2.45, 2.75) is 31.6 Å². The van der Waals surface area contributed by atoms with Gasteiger partial charge < -0.3 is 0 Å². The van der Waals surface area contributed by atoms with Crippen LogP contribution in [0.4, 0.5) is 11.4 Å². The summed E-state index contributed by atoms with van der Waals surface area (Å²) < 4.78 is 0. The molecule has 31 heavy (non-hydrogen) atoms. The molecule has 0 bridgehead atoms. The SMILES string of the molecule is O=C1CCCC2=C1C(c1cccc3ccccc13)CC(=O)N2c1ccc([N+](=O)[O-])cc1. The van der Waals surface area contributed by atoms with Gasteiger partial charge in [-0.2, -0.15) is 0 Å². The Hall–Kier alpha value is -3.80. The molecule has 154 valence electrons. The van der Waals surface area contributed by atoms with Crippen LogP contribution in [0.1, 0.15) is 37.2 Å². The first-order valence-electron chi connectivity index (χ1n) is 10.4. The third kappa shape index (κ3) is 3.20. The summed E-state index contributed by atoms with van der Waals surface area (Å²) in [7, 11) is 0. The number of rotatable bonds is 3. The standard InChI is InChI=1S/C25H20N2O4/c28-23-10-4-9-22-25(23)21(20-8-3-6-16-5-1-2-7-19(16)20)15-24(29)26(22)17-11-13-18(14-12-17)27(30)31/h1-3,5-8,11-14,21H,4,9-10,15H2. The number of anilines is 1. The van der Waals surface area contributed by atoms with Gasteiger partial charge in [0.25, 0.3) is 5.69 Å². The van der Waals surface area contributed by atoms with Gasteiger partial charge in [-0.3, -0.25) is 24.6 Å². The van der Waals surface area contributed by atoms with Gasteiger partial charge in [0.05, 0.1) is 4.92 Å². The molecule has 1 unspecified atom stereocenters. The first-order chi connectivity index (χ1) is 15.0. The van der Waals surface area contributed by atoms with Crippen molar-refractivity contribution >= 4 is 33.8 Å². The number of hydrogen-bond donors (Lipinski definition) is 0. The van der Waals surface area contributed by atoms with Gasteiger partial charge in [0.15, 0.2) is 5.78 Å². The van der Waals surface area contributed by atoms with Gasteiger partial charge in [0, 0.05) is 47.8 Å². The fraction of sp³-hybridized carbons (Fsp3) is 0.200. The summed E-state index contributed by atoms with van der Waals surface area (Å²) in [4.78, 5) is 38.6. The Balaban J connectivity index is 1.66. The molecule has 3 aromatic carbocycles. The van der Waals surface area contributed by atoms with Crippen LogP contribution in [0.25, 0.3) is 10.8 Å². The van der Waals surface area contributed by atoms with Crippen LogP contribution >= 0.6 is 0 Å². The highest BCUT2D eigenvalue weighted by molar-refractivity contribution is 6.08. The Bertz CT molecular complexity index is 1250. The summed E-state index contributed by atoms with van der Waals surface area (Å²) >= 11 is 0. The second-order valence-electron chi connectivity index (χ2n) is 7.96. The van der Waals surface area contributed by atoms with E-state index < -0.39 is 4.92 Å². The number of ketones is 1. The first kappa shape index (κ1) is 19.2. The summed E-state index contributed by atoms with van der Waals surface area (Å²) in [6.45, 7) is 0. The molecule has 6 heteroatoms. The second-order valence-corrected chi connectivity index (χ2v) is 7.96. The average molecular weight is 412 g/mol. The minimum atomic E-state index is -0.465. The van der Waals surface area contributed by atoms with Crippen LogP contribution in [0.15, 0.2) is 78.0 Å². The van der Waals surface area contributed by atoms with Crippen LogP contribution in [0.3, 0.4) is 0 Å². The fourth-order valence-corrected chi connectivity index (χ4v) is 4.84. The van der Waals surface area contributed by atoms with Gasteiger partial charge in [-0.15, -0.1) is 0 Å². The maximum absolute atomic E-state index is 13.3. The number of allylic oxidation sites excluding steroid dienone is 2. The lowest BCUT2D eigenvalue weighted by molar-refractivity contribution is -0.384. The average Bonchev–Trinajstić information content (AvgIpc) is 2.78. The quantitative estimate of drug-likeness (QED) is 0.433. The molecular weight excluding hydrogens is 392 g/mol. The van der Waals surface area contributed by atoms with Gasteiger partial charge in [-0.05, 0) is 41.3 Å². The molecular formula is C25H20N2O4. The molecule has 1 heterocycles. The summed E-state index contributed by atoms with van der Waals surface area (Å²) in [6.07, 6.45) is 1.99. The van der Waals surface area contributed by atoms with E-state index in [9.17, 15) is 19.7 Å². The Kier molecular flexibility index (Phi) is 4.62. The molecule has 6 nitrogen and oxygen atoms in total. The number of amides is 1. The van der Waals surface area contributed by atoms with Crippen molar-refractivity contribution < 1.29 is 14.5 Å². The molecule has 0 saturated heterocycles. The van der Waals surface area contributed by atoms with E-state index in [1.54, 1.807) is 17.0 Å². The van der Waals surface area contributed by atoms with E-state index in [0.717, 1.165) is 22.0 Å². The van der Waals surface area contributed by atoms with Crippen molar-refractivity contribution in [2.24, 2.45) is 0 Å². The highest BCUT2D eigenvalue weighted by Gasteiger charge is 2.40. The van der Waals surface area contributed by atoms with E-state index in [1.807, 2.05) is 42.5 Å². The highest BCUT2D eigenvalue weighted by atomic mass is 16.6. The molecule has 0 saturated carbocycles. The smallest absolute Gasteiger partial charge is 0.269 e. The molecule has 5 rings (SSSR count). The molecule has 0 spiro atoms. The number of carbonyl (C=O) groups is 2. The molecule has 1 amide bonds. The van der Waals surface area contributed by atoms with Crippen molar-refractivity contribution in [1.29, 1.82) is 0 Å². The number of non-ortho nitro benzene ring substituents is 1. The zero-order chi connectivity index (χ0) is 21.5. The molecule has 0 radical (unpaired) electrons. The van der Waals surface area contributed by atoms with Crippen molar-refractivity contribution in [2.75, 3.05) is 4.90 Å². The van der Waals surface area contributed by atoms with E-state index in [0.29, 0.717) is 30.5 Å². The monoisotopic (exact) mass is 412 g/mol. The van der Waals surface area contributed by atoms with E-state index in [2.05, 4.69) is 0 Å². The van der Waals surface area contributed by atoms with Crippen LogP contribution in [-0.2, 0) is 9.59 Å². The molecule has 0 fully saturated rings. The fourth-order valence-electron chi connectivity index (χ4n) is 4.84. The lowest BCUT2D eigenvalue weighted by Crippen LogP contribution is -2.40. The summed E-state index contributed by atoms with van der Waals surface area (Å²) in [5.41, 5.74) is 2.97. The van der Waals surface area contributed by atoms with Gasteiger partial charge in [-0.25, -0.2) is 0 Å². The third-order valence-corrected chi connectivity index (χ3v) is 6.19. The Morgan fingerprint density at radius 2 is 1.65 bits per heavy atom. The van der Waals surface area contributed by atoms with E-state index in [-0.39, 0.29) is 29.7 Å². The predicted octanol–water partition coefficient (Wildman–Crippen LogP) is 5.28. The van der Waals surface area contributed by atoms with Crippen molar-refractivity contribution in [3.63, 3.8) is 0 Å². The van der Waals surface area contributed by atoms with Gasteiger partial charge in [-0.1, -0.05) is 42.5 Å². The number of nitro benzene ring substituents is 1. The topological polar surface area (TPSA) is 80.5 Å². The number of nitrogens with zero attached hydrogens (tertiary/aromatic N) is 2. The number of nitro groups is 1. The number of carbonyl (C=O) groups excluding carboxylic acids is 2. The third-order valence-electron chi connectivity index (χ3n) is 6.19. The van der Waals surface area contributed by atoms with Crippen molar-refractivity contribution in [3.8, 4) is 0 Å². The molecule has 1 aliphatic heterocycles. The zero-order valence-corrected chi connectivity index (χ0v) is 16.8. The van der Waals surface area contributed by atoms with Crippen LogP contribution in [0, 0.1) is 10.1 Å². The Labute approximate surface area is 178 Å². The largest absolute Gasteiger partial charge is 0.294 e. The minimum Gasteiger partial charge on any atom is -0.294 e. The highest BCUT2D eigenvalue weighted by Crippen LogP contribution is 2.45. The Morgan fingerprint density at radius 1 is 0.903 bits per heavy atom. The van der Waals surface area contributed by atoms with E-state index in [4.69, 9.17) is 0 Å². The molecule has 0 aromatic heterocycles. The number of hydrogen-bond acceptors (Lipinski definition) is 4. The maximum Gasteiger partial charge on any atom is 0.269 e. The normalized spacial score (nSPS) is 19.0. The number of Topliss-reactive ketones (excluding diaryl/α,β-unsaturated/α-hetero) is 1. The van der Waals surface area contributed by atoms with E-state index >= 15 is 0 Å². The van der Waals surface area contributed by atoms with Gasteiger partial charge >= 0.3 is 0 Å². The molecule has 3 aromatic rings. The minimum absolute atomic E-state index is 0.0317. The second kappa shape index (κ2) is 7.47. The zero-order valence-electron chi connectivity index (χ0n) is 16.8. The van der Waals surface area contributed by atoms with Crippen molar-refractivity contribution in [3.05, 3.63) is 93.7 Å². The molecule has 1 atom stereocenters. The van der Waals surface area contributed by atoms with Crippen LogP contribution < -0.4 is 4.90 Å². The summed E-state index contributed by atoms with van der Waals surface area (Å²) in [6, 6.07) is 20.0. The van der Waals surface area contributed by atoms with Gasteiger partial charge in [0.1, 0.15) is 0 Å². The van der Waals surface area contributed by atoms with Crippen molar-refractivity contribution in [1.82, 2.24) is 0 Å².